The fourth-order valence-corrected chi connectivity index (χ4v) is 4.42. The van der Waals surface area contributed by atoms with E-state index >= 15 is 0 Å². The lowest BCUT2D eigenvalue weighted by Gasteiger charge is -2.02. The first-order valence-corrected chi connectivity index (χ1v) is 10.6. The minimum atomic E-state index is -0.964. The van der Waals surface area contributed by atoms with Crippen LogP contribution in [0.3, 0.4) is 0 Å². The van der Waals surface area contributed by atoms with Crippen LogP contribution in [0, 0.1) is 6.92 Å². The third-order valence-electron chi connectivity index (χ3n) is 4.17. The molecule has 2 aromatic heterocycles. The molecule has 0 aliphatic heterocycles. The van der Waals surface area contributed by atoms with Gasteiger partial charge in [0.05, 0.1) is 21.8 Å². The molecule has 0 aliphatic carbocycles. The van der Waals surface area contributed by atoms with E-state index in [2.05, 4.69) is 20.6 Å². The van der Waals surface area contributed by atoms with E-state index in [1.165, 1.54) is 34.8 Å². The summed E-state index contributed by atoms with van der Waals surface area (Å²) in [5.41, 5.74) is 3.09. The molecule has 31 heavy (non-hydrogen) atoms. The van der Waals surface area contributed by atoms with Crippen LogP contribution in [0.5, 0.6) is 0 Å². The van der Waals surface area contributed by atoms with Crippen molar-refractivity contribution in [3.8, 4) is 10.6 Å². The number of nitrogens with zero attached hydrogens (tertiary/aromatic N) is 2. The number of carboxylic acids is 1. The van der Waals surface area contributed by atoms with Crippen LogP contribution in [0.1, 0.15) is 26.4 Å². The second-order valence-electron chi connectivity index (χ2n) is 6.30. The number of hydrogen-bond acceptors (Lipinski definition) is 7. The molecule has 2 aromatic carbocycles. The van der Waals surface area contributed by atoms with Crippen molar-refractivity contribution in [1.82, 2.24) is 9.97 Å². The number of aromatic nitrogens is 2. The van der Waals surface area contributed by atoms with Crippen molar-refractivity contribution in [2.75, 3.05) is 10.6 Å². The van der Waals surface area contributed by atoms with Gasteiger partial charge in [-0.25, -0.2) is 14.8 Å². The number of benzene rings is 2. The predicted octanol–water partition coefficient (Wildman–Crippen LogP) is 5.85. The third kappa shape index (κ3) is 5.35. The minimum Gasteiger partial charge on any atom is -0.478 e. The molecule has 0 atom stereocenters. The number of aromatic carboxylic acids is 1. The monoisotopic (exact) mass is 516 g/mol. The summed E-state index contributed by atoms with van der Waals surface area (Å²) in [5, 5.41) is 18.1. The molecule has 0 radical (unpaired) electrons. The smallest absolute Gasteiger partial charge is 0.335 e. The Bertz CT molecular complexity index is 1210. The van der Waals surface area contributed by atoms with Gasteiger partial charge < -0.3 is 10.4 Å². The molecular weight excluding hydrogens is 500 g/mol. The largest absolute Gasteiger partial charge is 0.478 e. The van der Waals surface area contributed by atoms with Gasteiger partial charge in [-0.15, -0.1) is 28.3 Å². The molecule has 0 fully saturated rings. The van der Waals surface area contributed by atoms with Crippen LogP contribution in [0.25, 0.3) is 10.6 Å². The number of anilines is 3. The predicted molar refractivity (Wildman–Crippen MR) is 129 cm³/mol. The summed E-state index contributed by atoms with van der Waals surface area (Å²) in [7, 11) is 0. The first kappa shape index (κ1) is 22.6. The van der Waals surface area contributed by atoms with Crippen LogP contribution in [0.15, 0.2) is 60.0 Å². The van der Waals surface area contributed by atoms with Crippen molar-refractivity contribution in [3.63, 3.8) is 0 Å². The van der Waals surface area contributed by atoms with Crippen LogP contribution in [0.2, 0.25) is 0 Å². The molecule has 158 valence electrons. The van der Waals surface area contributed by atoms with E-state index in [0.717, 1.165) is 22.0 Å². The number of amides is 1. The highest BCUT2D eigenvalue weighted by Gasteiger charge is 2.15. The van der Waals surface area contributed by atoms with Crippen LogP contribution in [-0.4, -0.2) is 27.0 Å². The van der Waals surface area contributed by atoms with E-state index in [9.17, 15) is 9.59 Å². The molecule has 4 rings (SSSR count). The second-order valence-corrected chi connectivity index (χ2v) is 8.16. The summed E-state index contributed by atoms with van der Waals surface area (Å²) in [6.07, 6.45) is 0. The van der Waals surface area contributed by atoms with E-state index in [1.54, 1.807) is 24.3 Å². The van der Waals surface area contributed by atoms with Gasteiger partial charge in [0, 0.05) is 16.6 Å². The molecule has 4 aromatic rings. The minimum absolute atomic E-state index is 0. The Morgan fingerprint density at radius 1 is 0.935 bits per heavy atom. The number of carbonyl (C=O) groups excluding carboxylic acids is 1. The highest BCUT2D eigenvalue weighted by Crippen LogP contribution is 2.35. The zero-order chi connectivity index (χ0) is 21.1. The van der Waals surface area contributed by atoms with Crippen molar-refractivity contribution >= 4 is 67.5 Å². The van der Waals surface area contributed by atoms with Gasteiger partial charge in [-0.1, -0.05) is 29.5 Å². The Morgan fingerprint density at radius 2 is 1.65 bits per heavy atom. The van der Waals surface area contributed by atoms with Crippen LogP contribution < -0.4 is 10.6 Å². The van der Waals surface area contributed by atoms with Gasteiger partial charge in [-0.2, -0.15) is 0 Å². The lowest BCUT2D eigenvalue weighted by Crippen LogP contribution is -2.11. The van der Waals surface area contributed by atoms with Crippen LogP contribution >= 0.6 is 39.7 Å². The Hall–Kier alpha value is -3.08. The van der Waals surface area contributed by atoms with E-state index in [-0.39, 0.29) is 28.5 Å². The highest BCUT2D eigenvalue weighted by atomic mass is 79.9. The number of nitrogens with one attached hydrogen (secondary N) is 2. The van der Waals surface area contributed by atoms with E-state index in [4.69, 9.17) is 5.11 Å². The normalized spacial score (nSPS) is 10.2. The van der Waals surface area contributed by atoms with E-state index in [1.807, 2.05) is 30.5 Å². The SMILES string of the molecule is Br.Cc1nc(NC(=O)c2ccccc2)sc1-c1csc(Nc2ccc(C(=O)O)cc2)n1. The molecule has 0 spiro atoms. The molecule has 7 nitrogen and oxygen atoms in total. The average Bonchev–Trinajstić information content (AvgIpc) is 3.35. The first-order valence-electron chi connectivity index (χ1n) is 8.90. The van der Waals surface area contributed by atoms with Crippen LogP contribution in [0.4, 0.5) is 16.0 Å². The van der Waals surface area contributed by atoms with E-state index in [0.29, 0.717) is 15.8 Å². The Labute approximate surface area is 196 Å². The summed E-state index contributed by atoms with van der Waals surface area (Å²) < 4.78 is 0. The lowest BCUT2D eigenvalue weighted by molar-refractivity contribution is 0.0696. The maximum Gasteiger partial charge on any atom is 0.335 e. The maximum atomic E-state index is 12.3. The summed E-state index contributed by atoms with van der Waals surface area (Å²) in [6.45, 7) is 1.88. The van der Waals surface area contributed by atoms with Gasteiger partial charge in [-0.05, 0) is 43.3 Å². The summed E-state index contributed by atoms with van der Waals surface area (Å²) in [4.78, 5) is 33.2. The van der Waals surface area contributed by atoms with Crippen LogP contribution in [-0.2, 0) is 0 Å². The molecule has 0 bridgehead atoms. The maximum absolute atomic E-state index is 12.3. The highest BCUT2D eigenvalue weighted by molar-refractivity contribution is 8.93. The van der Waals surface area contributed by atoms with Crippen molar-refractivity contribution < 1.29 is 14.7 Å². The summed E-state index contributed by atoms with van der Waals surface area (Å²) >= 11 is 2.80. The number of hydrogen-bond donors (Lipinski definition) is 3. The van der Waals surface area contributed by atoms with Gasteiger partial charge in [-0.3, -0.25) is 10.1 Å². The Kier molecular flexibility index (Phi) is 7.16. The molecule has 0 unspecified atom stereocenters. The number of carboxylic acid groups (broad SMARTS) is 1. The zero-order valence-electron chi connectivity index (χ0n) is 16.2. The molecule has 3 N–H and O–H groups in total. The van der Waals surface area contributed by atoms with Crippen molar-refractivity contribution in [2.24, 2.45) is 0 Å². The van der Waals surface area contributed by atoms with Gasteiger partial charge in [0.2, 0.25) is 0 Å². The van der Waals surface area contributed by atoms with Crippen molar-refractivity contribution in [1.29, 1.82) is 0 Å². The Balaban J connectivity index is 0.00000272. The number of halogens is 1. The Morgan fingerprint density at radius 3 is 2.32 bits per heavy atom. The lowest BCUT2D eigenvalue weighted by atomic mass is 10.2. The molecule has 2 heterocycles. The quantitative estimate of drug-likeness (QED) is 0.297. The van der Waals surface area contributed by atoms with E-state index < -0.39 is 5.97 Å². The fourth-order valence-electron chi connectivity index (χ4n) is 2.70. The summed E-state index contributed by atoms with van der Waals surface area (Å²) in [5.74, 6) is -1.17. The van der Waals surface area contributed by atoms with Gasteiger partial charge >= 0.3 is 5.97 Å². The zero-order valence-corrected chi connectivity index (χ0v) is 19.5. The van der Waals surface area contributed by atoms with Gasteiger partial charge in [0.1, 0.15) is 0 Å². The number of thiazole rings is 2. The molecule has 0 saturated heterocycles. The number of aryl methyl sites for hydroxylation is 1. The molecular formula is C21H17BrN4O3S2. The van der Waals surface area contributed by atoms with Crippen molar-refractivity contribution in [2.45, 2.75) is 6.92 Å². The first-order chi connectivity index (χ1) is 14.5. The molecule has 0 saturated carbocycles. The van der Waals surface area contributed by atoms with Crippen molar-refractivity contribution in [3.05, 3.63) is 76.8 Å². The van der Waals surface area contributed by atoms with Gasteiger partial charge in [0.25, 0.3) is 5.91 Å². The summed E-state index contributed by atoms with van der Waals surface area (Å²) in [6, 6.07) is 15.4. The standard InChI is InChI=1S/C21H16N4O3S2.BrH/c1-12-17(30-21(22-12)25-18(26)13-5-3-2-4-6-13)16-11-29-20(24-16)23-15-9-7-14(8-10-15)19(27)28;/h2-11H,1H3,(H,23,24)(H,27,28)(H,22,25,26);1H. The molecule has 10 heteroatoms. The number of rotatable bonds is 6. The fraction of sp³-hybridized carbons (Fsp3) is 0.0476. The third-order valence-corrected chi connectivity index (χ3v) is 6.03. The topological polar surface area (TPSA) is 104 Å². The number of carbonyl (C=O) groups is 2. The van der Waals surface area contributed by atoms with Gasteiger partial charge in [0.15, 0.2) is 10.3 Å². The molecule has 0 aliphatic rings. The second kappa shape index (κ2) is 9.82. The molecule has 1 amide bonds. The average molecular weight is 517 g/mol.